The van der Waals surface area contributed by atoms with E-state index in [0.29, 0.717) is 12.6 Å². The van der Waals surface area contributed by atoms with E-state index in [-0.39, 0.29) is 0 Å². The minimum atomic E-state index is 0.402. The SMILES string of the molecule is COc1cccc(COc2nccc(N3CCNCC3)n2)c1. The molecule has 0 amide bonds. The summed E-state index contributed by atoms with van der Waals surface area (Å²) in [7, 11) is 1.65. The largest absolute Gasteiger partial charge is 0.497 e. The number of piperazine rings is 1. The van der Waals surface area contributed by atoms with Gasteiger partial charge in [-0.15, -0.1) is 0 Å². The third kappa shape index (κ3) is 3.65. The maximum Gasteiger partial charge on any atom is 0.318 e. The highest BCUT2D eigenvalue weighted by Gasteiger charge is 2.12. The van der Waals surface area contributed by atoms with Crippen molar-refractivity contribution < 1.29 is 9.47 Å². The van der Waals surface area contributed by atoms with Crippen LogP contribution in [0.15, 0.2) is 36.5 Å². The van der Waals surface area contributed by atoms with Crippen molar-refractivity contribution in [3.05, 3.63) is 42.1 Å². The summed E-state index contributed by atoms with van der Waals surface area (Å²) in [6.45, 7) is 4.27. The Kier molecular flexibility index (Phi) is 4.70. The van der Waals surface area contributed by atoms with Gasteiger partial charge in [0.25, 0.3) is 0 Å². The van der Waals surface area contributed by atoms with Gasteiger partial charge in [-0.3, -0.25) is 0 Å². The smallest absolute Gasteiger partial charge is 0.318 e. The molecule has 1 aliphatic heterocycles. The minimum Gasteiger partial charge on any atom is -0.497 e. The van der Waals surface area contributed by atoms with Gasteiger partial charge in [-0.25, -0.2) is 4.98 Å². The van der Waals surface area contributed by atoms with Gasteiger partial charge in [0.15, 0.2) is 0 Å². The molecule has 2 heterocycles. The zero-order chi connectivity index (χ0) is 15.2. The van der Waals surface area contributed by atoms with Crippen molar-refractivity contribution in [1.29, 1.82) is 0 Å². The number of hydrogen-bond acceptors (Lipinski definition) is 6. The number of aromatic nitrogens is 2. The van der Waals surface area contributed by atoms with E-state index in [4.69, 9.17) is 9.47 Å². The summed E-state index contributed by atoms with van der Waals surface area (Å²) < 4.78 is 10.9. The lowest BCUT2D eigenvalue weighted by Crippen LogP contribution is -2.43. The average molecular weight is 300 g/mol. The molecular weight excluding hydrogens is 280 g/mol. The summed E-state index contributed by atoms with van der Waals surface area (Å²) in [5.41, 5.74) is 1.02. The summed E-state index contributed by atoms with van der Waals surface area (Å²) in [6.07, 6.45) is 1.74. The summed E-state index contributed by atoms with van der Waals surface area (Å²) in [5, 5.41) is 3.33. The molecule has 1 saturated heterocycles. The number of benzene rings is 1. The second-order valence-corrected chi connectivity index (χ2v) is 5.07. The molecule has 1 aromatic carbocycles. The maximum atomic E-state index is 5.70. The molecule has 0 radical (unpaired) electrons. The van der Waals surface area contributed by atoms with Crippen LogP contribution in [0.1, 0.15) is 5.56 Å². The zero-order valence-electron chi connectivity index (χ0n) is 12.7. The van der Waals surface area contributed by atoms with Gasteiger partial charge in [-0.05, 0) is 23.8 Å². The van der Waals surface area contributed by atoms with E-state index in [9.17, 15) is 0 Å². The first-order valence-electron chi connectivity index (χ1n) is 7.39. The van der Waals surface area contributed by atoms with Crippen molar-refractivity contribution in [2.75, 3.05) is 38.2 Å². The Bertz CT molecular complexity index is 615. The second kappa shape index (κ2) is 7.09. The highest BCUT2D eigenvalue weighted by molar-refractivity contribution is 5.39. The lowest BCUT2D eigenvalue weighted by atomic mass is 10.2. The molecule has 6 heteroatoms. The molecule has 1 aliphatic rings. The third-order valence-corrected chi connectivity index (χ3v) is 3.56. The molecule has 1 fully saturated rings. The molecule has 116 valence electrons. The van der Waals surface area contributed by atoms with Crippen LogP contribution >= 0.6 is 0 Å². The van der Waals surface area contributed by atoms with Crippen LogP contribution in [0.2, 0.25) is 0 Å². The second-order valence-electron chi connectivity index (χ2n) is 5.07. The topological polar surface area (TPSA) is 59.5 Å². The third-order valence-electron chi connectivity index (χ3n) is 3.56. The Hall–Kier alpha value is -2.34. The number of anilines is 1. The van der Waals surface area contributed by atoms with Gasteiger partial charge in [0.1, 0.15) is 18.2 Å². The van der Waals surface area contributed by atoms with E-state index < -0.39 is 0 Å². The lowest BCUT2D eigenvalue weighted by molar-refractivity contribution is 0.280. The Morgan fingerprint density at radius 2 is 2.09 bits per heavy atom. The number of nitrogens with one attached hydrogen (secondary N) is 1. The molecule has 1 N–H and O–H groups in total. The predicted molar refractivity (Wildman–Crippen MR) is 84.4 cm³/mol. The molecular formula is C16H20N4O2. The highest BCUT2D eigenvalue weighted by Crippen LogP contribution is 2.16. The number of methoxy groups -OCH3 is 1. The maximum absolute atomic E-state index is 5.70. The Morgan fingerprint density at radius 1 is 1.23 bits per heavy atom. The van der Waals surface area contributed by atoms with Gasteiger partial charge >= 0.3 is 6.01 Å². The summed E-state index contributed by atoms with van der Waals surface area (Å²) in [5.74, 6) is 1.73. The molecule has 22 heavy (non-hydrogen) atoms. The Morgan fingerprint density at radius 3 is 2.91 bits per heavy atom. The van der Waals surface area contributed by atoms with Crippen LogP contribution in [0.25, 0.3) is 0 Å². The van der Waals surface area contributed by atoms with Crippen molar-refractivity contribution in [3.63, 3.8) is 0 Å². The van der Waals surface area contributed by atoms with Crippen LogP contribution < -0.4 is 19.7 Å². The molecule has 0 aliphatic carbocycles. The predicted octanol–water partition coefficient (Wildman–Crippen LogP) is 1.47. The summed E-state index contributed by atoms with van der Waals surface area (Å²) in [6, 6.07) is 10.1. The normalized spacial score (nSPS) is 14.7. The molecule has 3 rings (SSSR count). The minimum absolute atomic E-state index is 0.402. The van der Waals surface area contributed by atoms with Crippen molar-refractivity contribution in [1.82, 2.24) is 15.3 Å². The van der Waals surface area contributed by atoms with Crippen molar-refractivity contribution in [2.24, 2.45) is 0 Å². The fraction of sp³-hybridized carbons (Fsp3) is 0.375. The van der Waals surface area contributed by atoms with E-state index in [0.717, 1.165) is 43.3 Å². The first kappa shape index (κ1) is 14.6. The van der Waals surface area contributed by atoms with Crippen LogP contribution in [0.3, 0.4) is 0 Å². The first-order chi connectivity index (χ1) is 10.8. The zero-order valence-corrected chi connectivity index (χ0v) is 12.7. The van der Waals surface area contributed by atoms with Gasteiger partial charge in [0.05, 0.1) is 7.11 Å². The molecule has 1 aromatic heterocycles. The molecule has 0 unspecified atom stereocenters. The number of rotatable bonds is 5. The van der Waals surface area contributed by atoms with E-state index in [1.54, 1.807) is 13.3 Å². The van der Waals surface area contributed by atoms with Crippen LogP contribution in [0.5, 0.6) is 11.8 Å². The molecule has 0 bridgehead atoms. The van der Waals surface area contributed by atoms with E-state index >= 15 is 0 Å². The first-order valence-corrected chi connectivity index (χ1v) is 7.39. The van der Waals surface area contributed by atoms with Gasteiger partial charge in [0.2, 0.25) is 0 Å². The molecule has 0 saturated carbocycles. The fourth-order valence-electron chi connectivity index (χ4n) is 2.38. The van der Waals surface area contributed by atoms with Gasteiger partial charge < -0.3 is 19.7 Å². The van der Waals surface area contributed by atoms with E-state index in [2.05, 4.69) is 20.2 Å². The molecule has 0 spiro atoms. The van der Waals surface area contributed by atoms with Crippen molar-refractivity contribution in [2.45, 2.75) is 6.61 Å². The van der Waals surface area contributed by atoms with Crippen molar-refractivity contribution in [3.8, 4) is 11.8 Å². The van der Waals surface area contributed by atoms with E-state index in [1.165, 1.54) is 0 Å². The lowest BCUT2D eigenvalue weighted by Gasteiger charge is -2.28. The summed E-state index contributed by atoms with van der Waals surface area (Å²) in [4.78, 5) is 10.9. The molecule has 2 aromatic rings. The van der Waals surface area contributed by atoms with Crippen LogP contribution in [-0.2, 0) is 6.61 Å². The van der Waals surface area contributed by atoms with Gasteiger partial charge in [-0.2, -0.15) is 4.98 Å². The Balaban J connectivity index is 1.64. The fourth-order valence-corrected chi connectivity index (χ4v) is 2.38. The quantitative estimate of drug-likeness (QED) is 0.902. The van der Waals surface area contributed by atoms with Gasteiger partial charge in [0, 0.05) is 32.4 Å². The monoisotopic (exact) mass is 300 g/mol. The average Bonchev–Trinajstić information content (AvgIpc) is 2.61. The number of hydrogen-bond donors (Lipinski definition) is 1. The van der Waals surface area contributed by atoms with Crippen LogP contribution in [-0.4, -0.2) is 43.3 Å². The van der Waals surface area contributed by atoms with Crippen LogP contribution in [0.4, 0.5) is 5.82 Å². The summed E-state index contributed by atoms with van der Waals surface area (Å²) >= 11 is 0. The number of ether oxygens (including phenoxy) is 2. The molecule has 0 atom stereocenters. The van der Waals surface area contributed by atoms with Crippen LogP contribution in [0, 0.1) is 0 Å². The number of nitrogens with zero attached hydrogens (tertiary/aromatic N) is 3. The van der Waals surface area contributed by atoms with Crippen molar-refractivity contribution >= 4 is 5.82 Å². The molecule has 6 nitrogen and oxygen atoms in total. The highest BCUT2D eigenvalue weighted by atomic mass is 16.5. The standard InChI is InChI=1S/C16H20N4O2/c1-21-14-4-2-3-13(11-14)12-22-16-18-6-5-15(19-16)20-9-7-17-8-10-20/h2-6,11,17H,7-10,12H2,1H3. The van der Waals surface area contributed by atoms with Gasteiger partial charge in [-0.1, -0.05) is 12.1 Å². The Labute approximate surface area is 130 Å². The van der Waals surface area contributed by atoms with E-state index in [1.807, 2.05) is 30.3 Å².